The van der Waals surface area contributed by atoms with Gasteiger partial charge in [-0.15, -0.1) is 0 Å². The third-order valence-corrected chi connectivity index (χ3v) is 3.87. The van der Waals surface area contributed by atoms with Gasteiger partial charge < -0.3 is 15.7 Å². The highest BCUT2D eigenvalue weighted by atomic mass is 16.3. The zero-order valence-corrected chi connectivity index (χ0v) is 12.5. The van der Waals surface area contributed by atoms with Crippen molar-refractivity contribution in [1.29, 1.82) is 0 Å². The topological polar surface area (TPSA) is 78.4 Å². The molecule has 5 nitrogen and oxygen atoms in total. The first-order chi connectivity index (χ1) is 8.55. The van der Waals surface area contributed by atoms with E-state index >= 15 is 0 Å². The van der Waals surface area contributed by atoms with Gasteiger partial charge in [0.2, 0.25) is 11.8 Å². The monoisotopic (exact) mass is 270 g/mol. The first-order valence-electron chi connectivity index (χ1n) is 6.81. The molecule has 0 aromatic heterocycles. The maximum atomic E-state index is 11.7. The van der Waals surface area contributed by atoms with E-state index in [0.29, 0.717) is 13.0 Å². The first-order valence-corrected chi connectivity index (χ1v) is 6.81. The molecule has 0 aromatic rings. The molecule has 0 aliphatic heterocycles. The van der Waals surface area contributed by atoms with Gasteiger partial charge in [-0.3, -0.25) is 9.59 Å². The average molecular weight is 270 g/mol. The molecule has 0 saturated heterocycles. The summed E-state index contributed by atoms with van der Waals surface area (Å²) in [7, 11) is 0. The van der Waals surface area contributed by atoms with Gasteiger partial charge in [-0.2, -0.15) is 0 Å². The Balaban J connectivity index is 2.25. The lowest BCUT2D eigenvalue weighted by Crippen LogP contribution is -2.61. The summed E-state index contributed by atoms with van der Waals surface area (Å²) in [5.74, 6) is -0.140. The van der Waals surface area contributed by atoms with E-state index in [-0.39, 0.29) is 35.8 Å². The van der Waals surface area contributed by atoms with Gasteiger partial charge in [-0.1, -0.05) is 34.6 Å². The van der Waals surface area contributed by atoms with Gasteiger partial charge in [0, 0.05) is 29.8 Å². The van der Waals surface area contributed by atoms with Crippen LogP contribution in [0, 0.1) is 10.8 Å². The number of carbonyl (C=O) groups is 2. The fourth-order valence-corrected chi connectivity index (χ4v) is 1.97. The number of nitrogens with one attached hydrogen (secondary N) is 2. The van der Waals surface area contributed by atoms with Crippen LogP contribution in [-0.2, 0) is 9.59 Å². The van der Waals surface area contributed by atoms with E-state index in [1.165, 1.54) is 0 Å². The van der Waals surface area contributed by atoms with Crippen LogP contribution in [0.25, 0.3) is 0 Å². The van der Waals surface area contributed by atoms with Crippen LogP contribution in [0.1, 0.15) is 47.5 Å². The minimum absolute atomic E-state index is 0.0216. The van der Waals surface area contributed by atoms with Crippen molar-refractivity contribution in [3.63, 3.8) is 0 Å². The number of amides is 2. The Morgan fingerprint density at radius 1 is 1.32 bits per heavy atom. The van der Waals surface area contributed by atoms with E-state index in [1.54, 1.807) is 0 Å². The number of hydrogen-bond donors (Lipinski definition) is 3. The molecule has 3 N–H and O–H groups in total. The minimum Gasteiger partial charge on any atom is -0.392 e. The van der Waals surface area contributed by atoms with Crippen molar-refractivity contribution in [3.05, 3.63) is 0 Å². The van der Waals surface area contributed by atoms with Gasteiger partial charge in [0.25, 0.3) is 0 Å². The molecule has 2 atom stereocenters. The van der Waals surface area contributed by atoms with Gasteiger partial charge in [0.1, 0.15) is 0 Å². The largest absolute Gasteiger partial charge is 0.392 e. The van der Waals surface area contributed by atoms with Crippen LogP contribution in [-0.4, -0.2) is 35.6 Å². The van der Waals surface area contributed by atoms with Gasteiger partial charge in [0.15, 0.2) is 0 Å². The number of hydrogen-bond acceptors (Lipinski definition) is 3. The molecule has 2 unspecified atom stereocenters. The van der Waals surface area contributed by atoms with Crippen molar-refractivity contribution in [3.8, 4) is 0 Å². The van der Waals surface area contributed by atoms with Crippen LogP contribution in [0.5, 0.6) is 0 Å². The maximum absolute atomic E-state index is 11.7. The molecule has 19 heavy (non-hydrogen) atoms. The Bertz CT molecular complexity index is 358. The molecule has 0 radical (unpaired) electrons. The highest BCUT2D eigenvalue weighted by Crippen LogP contribution is 2.40. The Kier molecular flexibility index (Phi) is 4.61. The van der Waals surface area contributed by atoms with Gasteiger partial charge >= 0.3 is 0 Å². The van der Waals surface area contributed by atoms with E-state index in [2.05, 4.69) is 10.6 Å². The molecule has 1 aliphatic rings. The average Bonchev–Trinajstić information content (AvgIpc) is 2.27. The second kappa shape index (κ2) is 5.49. The Labute approximate surface area is 115 Å². The molecule has 110 valence electrons. The molecule has 5 heteroatoms. The summed E-state index contributed by atoms with van der Waals surface area (Å²) in [5, 5.41) is 15.2. The number of aliphatic hydroxyl groups is 1. The molecule has 0 bridgehead atoms. The van der Waals surface area contributed by atoms with Crippen LogP contribution < -0.4 is 10.6 Å². The molecular weight excluding hydrogens is 244 g/mol. The lowest BCUT2D eigenvalue weighted by molar-refractivity contribution is -0.130. The predicted octanol–water partition coefficient (Wildman–Crippen LogP) is 0.814. The maximum Gasteiger partial charge on any atom is 0.225 e. The van der Waals surface area contributed by atoms with E-state index in [1.807, 2.05) is 34.6 Å². The molecule has 1 fully saturated rings. The first kappa shape index (κ1) is 16.0. The molecular formula is C14H26N2O3. The predicted molar refractivity (Wildman–Crippen MR) is 73.4 cm³/mol. The van der Waals surface area contributed by atoms with Crippen LogP contribution in [0.15, 0.2) is 0 Å². The van der Waals surface area contributed by atoms with Crippen LogP contribution in [0.3, 0.4) is 0 Å². The van der Waals surface area contributed by atoms with E-state index < -0.39 is 5.41 Å². The second-order valence-corrected chi connectivity index (χ2v) is 6.95. The third kappa shape index (κ3) is 3.93. The lowest BCUT2D eigenvalue weighted by Gasteiger charge is -2.49. The Morgan fingerprint density at radius 2 is 1.89 bits per heavy atom. The van der Waals surface area contributed by atoms with Crippen molar-refractivity contribution in [1.82, 2.24) is 10.6 Å². The highest BCUT2D eigenvalue weighted by Gasteiger charge is 2.47. The molecule has 0 heterocycles. The normalized spacial score (nSPS) is 25.4. The molecule has 0 aromatic carbocycles. The lowest BCUT2D eigenvalue weighted by atomic mass is 9.64. The quantitative estimate of drug-likeness (QED) is 0.707. The van der Waals surface area contributed by atoms with Crippen molar-refractivity contribution in [2.24, 2.45) is 10.8 Å². The Hall–Kier alpha value is -1.10. The highest BCUT2D eigenvalue weighted by molar-refractivity contribution is 5.82. The standard InChI is InChI=1S/C14H26N2O3/c1-13(2,3)12(19)15-7-6-11(18)16-9-8-10(17)14(9,4)5/h9-10,17H,6-8H2,1-5H3,(H,15,19)(H,16,18). The number of rotatable bonds is 4. The minimum atomic E-state index is -0.434. The third-order valence-electron chi connectivity index (χ3n) is 3.87. The summed E-state index contributed by atoms with van der Waals surface area (Å²) in [4.78, 5) is 23.3. The zero-order chi connectivity index (χ0) is 14.8. The number of carbonyl (C=O) groups excluding carboxylic acids is 2. The van der Waals surface area contributed by atoms with Gasteiger partial charge in [-0.25, -0.2) is 0 Å². The van der Waals surface area contributed by atoms with Crippen LogP contribution in [0.4, 0.5) is 0 Å². The van der Waals surface area contributed by atoms with Crippen molar-refractivity contribution >= 4 is 11.8 Å². The molecule has 2 amide bonds. The van der Waals surface area contributed by atoms with Gasteiger partial charge in [-0.05, 0) is 6.42 Å². The summed E-state index contributed by atoms with van der Waals surface area (Å²) in [6.45, 7) is 9.72. The molecule has 1 aliphatic carbocycles. The van der Waals surface area contributed by atoms with E-state index in [9.17, 15) is 14.7 Å². The fourth-order valence-electron chi connectivity index (χ4n) is 1.97. The summed E-state index contributed by atoms with van der Waals surface area (Å²) in [6.07, 6.45) is 0.524. The van der Waals surface area contributed by atoms with Crippen molar-refractivity contribution in [2.75, 3.05) is 6.54 Å². The summed E-state index contributed by atoms with van der Waals surface area (Å²) in [6, 6.07) is 0.0216. The van der Waals surface area contributed by atoms with E-state index in [4.69, 9.17) is 0 Å². The van der Waals surface area contributed by atoms with Gasteiger partial charge in [0.05, 0.1) is 6.10 Å². The molecule has 0 spiro atoms. The SMILES string of the molecule is CC(C)(C)C(=O)NCCC(=O)NC1CC(O)C1(C)C. The summed E-state index contributed by atoms with van der Waals surface area (Å²) < 4.78 is 0. The zero-order valence-electron chi connectivity index (χ0n) is 12.5. The van der Waals surface area contributed by atoms with E-state index in [0.717, 1.165) is 0 Å². The molecule has 1 saturated carbocycles. The van der Waals surface area contributed by atoms with Crippen LogP contribution in [0.2, 0.25) is 0 Å². The summed E-state index contributed by atoms with van der Waals surface area (Å²) >= 11 is 0. The van der Waals surface area contributed by atoms with Crippen LogP contribution >= 0.6 is 0 Å². The summed E-state index contributed by atoms with van der Waals surface area (Å²) in [5.41, 5.74) is -0.694. The van der Waals surface area contributed by atoms with Crippen molar-refractivity contribution < 1.29 is 14.7 Å². The Morgan fingerprint density at radius 3 is 2.32 bits per heavy atom. The van der Waals surface area contributed by atoms with Crippen molar-refractivity contribution in [2.45, 2.75) is 59.6 Å². The second-order valence-electron chi connectivity index (χ2n) is 6.95. The molecule has 1 rings (SSSR count). The smallest absolute Gasteiger partial charge is 0.225 e. The fraction of sp³-hybridized carbons (Fsp3) is 0.857. The number of aliphatic hydroxyl groups excluding tert-OH is 1.